The molecule has 1 atom stereocenters. The lowest BCUT2D eigenvalue weighted by Crippen LogP contribution is -2.50. The molecule has 36 heavy (non-hydrogen) atoms. The van der Waals surface area contributed by atoms with E-state index in [1.54, 1.807) is 25.7 Å². The van der Waals surface area contributed by atoms with Crippen molar-refractivity contribution in [2.75, 3.05) is 13.1 Å². The highest BCUT2D eigenvalue weighted by Gasteiger charge is 2.32. The molecule has 1 aromatic carbocycles. The second kappa shape index (κ2) is 15.5. The minimum absolute atomic E-state index is 0.142. The molecule has 1 fully saturated rings. The van der Waals surface area contributed by atoms with Gasteiger partial charge in [0, 0.05) is 12.6 Å². The molecular weight excluding hydrogens is 454 g/mol. The van der Waals surface area contributed by atoms with Crippen LogP contribution < -0.4 is 10.6 Å². The molecule has 0 spiro atoms. The molecule has 0 aliphatic heterocycles. The van der Waals surface area contributed by atoms with E-state index in [-0.39, 0.29) is 24.4 Å². The van der Waals surface area contributed by atoms with Crippen LogP contribution in [0.15, 0.2) is 30.3 Å². The van der Waals surface area contributed by atoms with E-state index in [0.717, 1.165) is 50.5 Å². The van der Waals surface area contributed by atoms with E-state index in [4.69, 9.17) is 4.74 Å². The number of amides is 3. The van der Waals surface area contributed by atoms with Gasteiger partial charge in [0.25, 0.3) is 0 Å². The van der Waals surface area contributed by atoms with Crippen molar-refractivity contribution in [2.45, 2.75) is 116 Å². The largest absolute Gasteiger partial charge is 0.444 e. The number of carbonyl (C=O) groups excluding carboxylic acids is 3. The van der Waals surface area contributed by atoms with Gasteiger partial charge >= 0.3 is 6.09 Å². The normalized spacial score (nSPS) is 15.1. The fraction of sp³-hybridized carbons (Fsp3) is 0.690. The van der Waals surface area contributed by atoms with Gasteiger partial charge in [-0.2, -0.15) is 0 Å². The van der Waals surface area contributed by atoms with Crippen LogP contribution in [0.5, 0.6) is 0 Å². The summed E-state index contributed by atoms with van der Waals surface area (Å²) in [4.78, 5) is 41.0. The van der Waals surface area contributed by atoms with Crippen LogP contribution in [-0.2, 0) is 14.3 Å². The average Bonchev–Trinajstić information content (AvgIpc) is 2.84. The zero-order chi connectivity index (χ0) is 26.4. The predicted octanol–water partition coefficient (Wildman–Crippen LogP) is 5.89. The number of benzene rings is 1. The Kier molecular flexibility index (Phi) is 12.8. The second-order valence-electron chi connectivity index (χ2n) is 10.9. The maximum absolute atomic E-state index is 13.6. The highest BCUT2D eigenvalue weighted by atomic mass is 16.6. The van der Waals surface area contributed by atoms with E-state index < -0.39 is 17.7 Å². The Balaban J connectivity index is 2.19. The molecule has 7 heteroatoms. The van der Waals surface area contributed by atoms with Gasteiger partial charge in [-0.1, -0.05) is 88.6 Å². The lowest BCUT2D eigenvalue weighted by molar-refractivity contribution is -0.140. The molecule has 1 saturated carbocycles. The van der Waals surface area contributed by atoms with Crippen molar-refractivity contribution in [3.05, 3.63) is 35.9 Å². The third kappa shape index (κ3) is 11.0. The first kappa shape index (κ1) is 29.7. The standard InChI is InChI=1S/C29H47N3O4/c1-5-6-7-8-9-16-21-32(25(33)22-30-28(35)36-29(2,3)4)26(23-17-12-10-13-18-23)27(34)31-24-19-14-11-15-20-24/h10,12-13,17-18,24,26H,5-9,11,14-16,19-22H2,1-4H3,(H,30,35)(H,31,34). The number of carbonyl (C=O) groups is 3. The third-order valence-electron chi connectivity index (χ3n) is 6.48. The first-order valence-corrected chi connectivity index (χ1v) is 13.8. The molecule has 0 aromatic heterocycles. The molecule has 7 nitrogen and oxygen atoms in total. The zero-order valence-electron chi connectivity index (χ0n) is 22.8. The Morgan fingerprint density at radius 1 is 0.972 bits per heavy atom. The van der Waals surface area contributed by atoms with Crippen LogP contribution in [0.1, 0.15) is 110 Å². The SMILES string of the molecule is CCCCCCCCN(C(=O)CNC(=O)OC(C)(C)C)C(C(=O)NC1CCCCC1)c1ccccc1. The van der Waals surface area contributed by atoms with Crippen LogP contribution in [0.3, 0.4) is 0 Å². The maximum atomic E-state index is 13.6. The summed E-state index contributed by atoms with van der Waals surface area (Å²) in [5.41, 5.74) is 0.125. The molecule has 202 valence electrons. The number of nitrogens with zero attached hydrogens (tertiary/aromatic N) is 1. The number of rotatable bonds is 13. The molecule has 0 heterocycles. The summed E-state index contributed by atoms with van der Waals surface area (Å²) in [6.45, 7) is 7.76. The highest BCUT2D eigenvalue weighted by molar-refractivity contribution is 5.90. The third-order valence-corrected chi connectivity index (χ3v) is 6.48. The lowest BCUT2D eigenvalue weighted by atomic mass is 9.94. The van der Waals surface area contributed by atoms with Crippen molar-refractivity contribution < 1.29 is 19.1 Å². The molecule has 0 bridgehead atoms. The zero-order valence-corrected chi connectivity index (χ0v) is 22.8. The van der Waals surface area contributed by atoms with Crippen LogP contribution >= 0.6 is 0 Å². The van der Waals surface area contributed by atoms with E-state index in [0.29, 0.717) is 6.54 Å². The second-order valence-corrected chi connectivity index (χ2v) is 10.9. The summed E-state index contributed by atoms with van der Waals surface area (Å²) >= 11 is 0. The summed E-state index contributed by atoms with van der Waals surface area (Å²) in [5.74, 6) is -0.438. The van der Waals surface area contributed by atoms with Gasteiger partial charge in [0.2, 0.25) is 11.8 Å². The Morgan fingerprint density at radius 3 is 2.25 bits per heavy atom. The minimum Gasteiger partial charge on any atom is -0.444 e. The lowest BCUT2D eigenvalue weighted by Gasteiger charge is -2.33. The number of unbranched alkanes of at least 4 members (excludes halogenated alkanes) is 5. The molecular formula is C29H47N3O4. The van der Waals surface area contributed by atoms with Crippen molar-refractivity contribution in [3.63, 3.8) is 0 Å². The van der Waals surface area contributed by atoms with Crippen molar-refractivity contribution in [2.24, 2.45) is 0 Å². The molecule has 1 aliphatic carbocycles. The van der Waals surface area contributed by atoms with Crippen molar-refractivity contribution in [1.29, 1.82) is 0 Å². The van der Waals surface area contributed by atoms with Crippen LogP contribution in [-0.4, -0.2) is 47.5 Å². The van der Waals surface area contributed by atoms with Gasteiger partial charge in [-0.3, -0.25) is 9.59 Å². The van der Waals surface area contributed by atoms with Gasteiger partial charge in [0.1, 0.15) is 18.2 Å². The number of alkyl carbamates (subject to hydrolysis) is 1. The number of nitrogens with one attached hydrogen (secondary N) is 2. The van der Waals surface area contributed by atoms with E-state index in [2.05, 4.69) is 17.6 Å². The van der Waals surface area contributed by atoms with Crippen molar-refractivity contribution in [3.8, 4) is 0 Å². The van der Waals surface area contributed by atoms with E-state index in [1.807, 2.05) is 30.3 Å². The molecule has 1 aromatic rings. The Hall–Kier alpha value is -2.57. The van der Waals surface area contributed by atoms with Gasteiger partial charge in [0.05, 0.1) is 0 Å². The fourth-order valence-corrected chi connectivity index (χ4v) is 4.66. The molecule has 0 saturated heterocycles. The first-order chi connectivity index (χ1) is 17.2. The summed E-state index contributed by atoms with van der Waals surface area (Å²) in [6.07, 6.45) is 11.2. The van der Waals surface area contributed by atoms with Gasteiger partial charge in [0.15, 0.2) is 0 Å². The van der Waals surface area contributed by atoms with Crippen molar-refractivity contribution in [1.82, 2.24) is 15.5 Å². The molecule has 1 unspecified atom stereocenters. The smallest absolute Gasteiger partial charge is 0.408 e. The predicted molar refractivity (Wildman–Crippen MR) is 144 cm³/mol. The topological polar surface area (TPSA) is 87.7 Å². The quantitative estimate of drug-likeness (QED) is 0.330. The monoisotopic (exact) mass is 501 g/mol. The van der Waals surface area contributed by atoms with Gasteiger partial charge < -0.3 is 20.3 Å². The highest BCUT2D eigenvalue weighted by Crippen LogP contribution is 2.25. The van der Waals surface area contributed by atoms with Gasteiger partial charge in [-0.05, 0) is 45.6 Å². The fourth-order valence-electron chi connectivity index (χ4n) is 4.66. The van der Waals surface area contributed by atoms with Crippen molar-refractivity contribution >= 4 is 17.9 Å². The molecule has 1 aliphatic rings. The Bertz CT molecular complexity index is 800. The summed E-state index contributed by atoms with van der Waals surface area (Å²) in [7, 11) is 0. The number of hydrogen-bond donors (Lipinski definition) is 2. The first-order valence-electron chi connectivity index (χ1n) is 13.8. The molecule has 3 amide bonds. The van der Waals surface area contributed by atoms with Crippen LogP contribution in [0.4, 0.5) is 4.79 Å². The van der Waals surface area contributed by atoms with Crippen LogP contribution in [0.2, 0.25) is 0 Å². The maximum Gasteiger partial charge on any atom is 0.408 e. The van der Waals surface area contributed by atoms with Crippen LogP contribution in [0, 0.1) is 0 Å². The van der Waals surface area contributed by atoms with E-state index >= 15 is 0 Å². The van der Waals surface area contributed by atoms with Gasteiger partial charge in [-0.15, -0.1) is 0 Å². The minimum atomic E-state index is -0.739. The van der Waals surface area contributed by atoms with Gasteiger partial charge in [-0.25, -0.2) is 4.79 Å². The summed E-state index contributed by atoms with van der Waals surface area (Å²) in [5, 5.41) is 5.80. The average molecular weight is 502 g/mol. The summed E-state index contributed by atoms with van der Waals surface area (Å²) in [6, 6.07) is 8.89. The van der Waals surface area contributed by atoms with E-state index in [9.17, 15) is 14.4 Å². The van der Waals surface area contributed by atoms with E-state index in [1.165, 1.54) is 25.7 Å². The number of ether oxygens (including phenoxy) is 1. The number of hydrogen-bond acceptors (Lipinski definition) is 4. The molecule has 2 rings (SSSR count). The van der Waals surface area contributed by atoms with Crippen LogP contribution in [0.25, 0.3) is 0 Å². The Labute approximate surface area is 217 Å². The summed E-state index contributed by atoms with van der Waals surface area (Å²) < 4.78 is 5.30. The molecule has 0 radical (unpaired) electrons. The molecule has 2 N–H and O–H groups in total. The Morgan fingerprint density at radius 2 is 1.61 bits per heavy atom.